The van der Waals surface area contributed by atoms with Crippen LogP contribution in [-0.2, 0) is 9.84 Å². The van der Waals surface area contributed by atoms with Gasteiger partial charge in [0.1, 0.15) is 5.58 Å². The first-order valence-electron chi connectivity index (χ1n) is 8.24. The number of para-hydroxylation sites is 1. The lowest BCUT2D eigenvalue weighted by Gasteiger charge is -2.37. The Balaban J connectivity index is 1.41. The number of hydrogen-bond donors (Lipinski definition) is 0. The van der Waals surface area contributed by atoms with Crippen molar-refractivity contribution >= 4 is 26.7 Å². The van der Waals surface area contributed by atoms with E-state index in [0.29, 0.717) is 38.4 Å². The second kappa shape index (κ2) is 5.89. The Hall–Kier alpha value is -1.86. The zero-order valence-corrected chi connectivity index (χ0v) is 14.2. The minimum Gasteiger partial charge on any atom is -0.451 e. The molecule has 0 saturated carbocycles. The van der Waals surface area contributed by atoms with Gasteiger partial charge in [0, 0.05) is 37.6 Å². The van der Waals surface area contributed by atoms with Crippen LogP contribution in [0.25, 0.3) is 11.0 Å². The summed E-state index contributed by atoms with van der Waals surface area (Å²) in [5.74, 6) is 0.818. The maximum Gasteiger partial charge on any atom is 0.289 e. The molecule has 6 nitrogen and oxygen atoms in total. The first kappa shape index (κ1) is 15.7. The van der Waals surface area contributed by atoms with Gasteiger partial charge in [-0.05, 0) is 18.6 Å². The van der Waals surface area contributed by atoms with Crippen LogP contribution in [0.3, 0.4) is 0 Å². The van der Waals surface area contributed by atoms with Gasteiger partial charge >= 0.3 is 0 Å². The van der Waals surface area contributed by atoms with E-state index in [9.17, 15) is 13.2 Å². The molecule has 128 valence electrons. The molecule has 1 amide bonds. The van der Waals surface area contributed by atoms with Gasteiger partial charge < -0.3 is 9.32 Å². The van der Waals surface area contributed by atoms with Crippen molar-refractivity contribution in [1.82, 2.24) is 9.80 Å². The number of nitrogens with zero attached hydrogens (tertiary/aromatic N) is 2. The van der Waals surface area contributed by atoms with Crippen LogP contribution >= 0.6 is 0 Å². The lowest BCUT2D eigenvalue weighted by atomic mass is 10.2. The highest BCUT2D eigenvalue weighted by molar-refractivity contribution is 7.91. The van der Waals surface area contributed by atoms with Crippen LogP contribution in [0.1, 0.15) is 17.0 Å². The Kier molecular flexibility index (Phi) is 3.85. The zero-order valence-electron chi connectivity index (χ0n) is 13.3. The summed E-state index contributed by atoms with van der Waals surface area (Å²) in [4.78, 5) is 16.6. The number of rotatable bonds is 2. The summed E-state index contributed by atoms with van der Waals surface area (Å²) in [6.07, 6.45) is 0.708. The standard InChI is InChI=1S/C17H20N2O4S/c20-17(16-11-13-3-1-2-4-15(13)23-16)19-8-6-18(7-9-19)14-5-10-24(21,22)12-14/h1-4,11,14H,5-10,12H2/t14-/m0/s1. The molecule has 2 aromatic rings. The third kappa shape index (κ3) is 2.93. The quantitative estimate of drug-likeness (QED) is 0.820. The number of carbonyl (C=O) groups excluding carboxylic acids is 1. The Bertz CT molecular complexity index is 833. The van der Waals surface area contributed by atoms with E-state index in [1.165, 1.54) is 0 Å². The third-order valence-electron chi connectivity index (χ3n) is 4.96. The summed E-state index contributed by atoms with van der Waals surface area (Å²) in [6.45, 7) is 2.64. The second-order valence-corrected chi connectivity index (χ2v) is 8.76. The number of carbonyl (C=O) groups is 1. The Labute approximate surface area is 140 Å². The summed E-state index contributed by atoms with van der Waals surface area (Å²) in [5.41, 5.74) is 0.718. The van der Waals surface area contributed by atoms with E-state index in [2.05, 4.69) is 4.90 Å². The molecule has 24 heavy (non-hydrogen) atoms. The number of benzene rings is 1. The Morgan fingerprint density at radius 3 is 2.54 bits per heavy atom. The molecule has 4 rings (SSSR count). The first-order valence-corrected chi connectivity index (χ1v) is 10.1. The fourth-order valence-electron chi connectivity index (χ4n) is 3.60. The molecule has 1 aromatic heterocycles. The van der Waals surface area contributed by atoms with Crippen molar-refractivity contribution in [3.8, 4) is 0 Å². The van der Waals surface area contributed by atoms with E-state index in [-0.39, 0.29) is 23.5 Å². The van der Waals surface area contributed by atoms with E-state index >= 15 is 0 Å². The van der Waals surface area contributed by atoms with Crippen molar-refractivity contribution in [2.45, 2.75) is 12.5 Å². The molecule has 7 heteroatoms. The molecule has 0 N–H and O–H groups in total. The van der Waals surface area contributed by atoms with Gasteiger partial charge in [0.25, 0.3) is 5.91 Å². The summed E-state index contributed by atoms with van der Waals surface area (Å²) in [5, 5.41) is 0.927. The lowest BCUT2D eigenvalue weighted by molar-refractivity contribution is 0.0561. The van der Waals surface area contributed by atoms with Crippen LogP contribution in [0.5, 0.6) is 0 Å². The molecule has 2 fully saturated rings. The molecule has 0 radical (unpaired) electrons. The number of sulfone groups is 1. The smallest absolute Gasteiger partial charge is 0.289 e. The van der Waals surface area contributed by atoms with E-state index in [1.54, 1.807) is 11.0 Å². The summed E-state index contributed by atoms with van der Waals surface area (Å²) < 4.78 is 28.9. The average molecular weight is 348 g/mol. The molecular formula is C17H20N2O4S. The largest absolute Gasteiger partial charge is 0.451 e. The van der Waals surface area contributed by atoms with E-state index in [4.69, 9.17) is 4.42 Å². The van der Waals surface area contributed by atoms with Gasteiger partial charge in [-0.15, -0.1) is 0 Å². The molecule has 1 atom stereocenters. The lowest BCUT2D eigenvalue weighted by Crippen LogP contribution is -2.52. The van der Waals surface area contributed by atoms with Gasteiger partial charge in [0.2, 0.25) is 0 Å². The SMILES string of the molecule is O=C(c1cc2ccccc2o1)N1CCN([C@H]2CCS(=O)(=O)C2)CC1. The van der Waals surface area contributed by atoms with Crippen LogP contribution in [0.15, 0.2) is 34.7 Å². The number of fused-ring (bicyclic) bond motifs is 1. The van der Waals surface area contributed by atoms with Gasteiger partial charge in [0.05, 0.1) is 11.5 Å². The van der Waals surface area contributed by atoms with Crippen LogP contribution < -0.4 is 0 Å². The van der Waals surface area contributed by atoms with Crippen LogP contribution in [-0.4, -0.2) is 67.9 Å². The molecule has 0 aliphatic carbocycles. The Morgan fingerprint density at radius 2 is 1.88 bits per heavy atom. The Morgan fingerprint density at radius 1 is 1.12 bits per heavy atom. The molecule has 2 aliphatic heterocycles. The maximum absolute atomic E-state index is 12.6. The highest BCUT2D eigenvalue weighted by atomic mass is 32.2. The molecule has 0 spiro atoms. The van der Waals surface area contributed by atoms with Gasteiger partial charge in [-0.25, -0.2) is 8.42 Å². The number of hydrogen-bond acceptors (Lipinski definition) is 5. The fourth-order valence-corrected chi connectivity index (χ4v) is 5.36. The minimum atomic E-state index is -2.87. The second-order valence-electron chi connectivity index (χ2n) is 6.53. The average Bonchev–Trinajstić information content (AvgIpc) is 3.17. The third-order valence-corrected chi connectivity index (χ3v) is 6.71. The van der Waals surface area contributed by atoms with E-state index in [1.807, 2.05) is 24.3 Å². The molecule has 2 saturated heterocycles. The summed E-state index contributed by atoms with van der Waals surface area (Å²) >= 11 is 0. The van der Waals surface area contributed by atoms with Crippen molar-refractivity contribution < 1.29 is 17.6 Å². The molecular weight excluding hydrogens is 328 g/mol. The predicted octanol–water partition coefficient (Wildman–Crippen LogP) is 1.38. The highest BCUT2D eigenvalue weighted by Crippen LogP contribution is 2.22. The molecule has 0 bridgehead atoms. The minimum absolute atomic E-state index is 0.0927. The zero-order chi connectivity index (χ0) is 16.7. The molecule has 3 heterocycles. The van der Waals surface area contributed by atoms with E-state index < -0.39 is 9.84 Å². The number of amides is 1. The number of furan rings is 1. The van der Waals surface area contributed by atoms with Crippen molar-refractivity contribution in [3.63, 3.8) is 0 Å². The normalized spacial score (nSPS) is 24.5. The topological polar surface area (TPSA) is 70.8 Å². The molecule has 1 aromatic carbocycles. The van der Waals surface area contributed by atoms with Gasteiger partial charge in [-0.1, -0.05) is 18.2 Å². The maximum atomic E-state index is 12.6. The van der Waals surface area contributed by atoms with Gasteiger partial charge in [-0.2, -0.15) is 0 Å². The van der Waals surface area contributed by atoms with Crippen LogP contribution in [0, 0.1) is 0 Å². The monoisotopic (exact) mass is 348 g/mol. The van der Waals surface area contributed by atoms with Crippen LogP contribution in [0.4, 0.5) is 0 Å². The first-order chi connectivity index (χ1) is 11.5. The van der Waals surface area contributed by atoms with Crippen molar-refractivity contribution in [2.24, 2.45) is 0 Å². The van der Waals surface area contributed by atoms with Gasteiger partial charge in [-0.3, -0.25) is 9.69 Å². The molecule has 2 aliphatic rings. The fraction of sp³-hybridized carbons (Fsp3) is 0.471. The van der Waals surface area contributed by atoms with Crippen LogP contribution in [0.2, 0.25) is 0 Å². The van der Waals surface area contributed by atoms with E-state index in [0.717, 1.165) is 11.0 Å². The van der Waals surface area contributed by atoms with Gasteiger partial charge in [0.15, 0.2) is 15.6 Å². The van der Waals surface area contributed by atoms with Crippen molar-refractivity contribution in [3.05, 3.63) is 36.1 Å². The van der Waals surface area contributed by atoms with Crippen molar-refractivity contribution in [1.29, 1.82) is 0 Å². The molecule has 0 unspecified atom stereocenters. The number of piperazine rings is 1. The highest BCUT2D eigenvalue weighted by Gasteiger charge is 2.34. The van der Waals surface area contributed by atoms with Crippen molar-refractivity contribution in [2.75, 3.05) is 37.7 Å². The summed E-state index contributed by atoms with van der Waals surface area (Å²) in [6, 6.07) is 9.47. The predicted molar refractivity (Wildman–Crippen MR) is 90.7 cm³/mol. The summed E-state index contributed by atoms with van der Waals surface area (Å²) in [7, 11) is -2.87.